The summed E-state index contributed by atoms with van der Waals surface area (Å²) in [7, 11) is 2.17. The molecule has 1 unspecified atom stereocenters. The molecule has 2 aromatic rings. The molecule has 174 valence electrons. The average molecular weight is 496 g/mol. The minimum absolute atomic E-state index is 0.0341. The minimum Gasteiger partial charge on any atom is -0.324 e. The Morgan fingerprint density at radius 3 is 2.71 bits per heavy atom. The number of halogens is 2. The number of carbonyl (C=O) groups excluding carboxylic acids is 1. The van der Waals surface area contributed by atoms with E-state index < -0.39 is 11.9 Å². The Balaban J connectivity index is 1.23. The molecule has 3 aliphatic heterocycles. The molecule has 3 heterocycles. The Kier molecular flexibility index (Phi) is 4.95. The SMILES string of the molecule is CN1Cc2cc(NC3=NCC4C(=N)N(c5c(Cl)cccc5Cl)C(=O)NC4=N3)ccc2C2(CC2)C1. The monoisotopic (exact) mass is 495 g/mol. The van der Waals surface area contributed by atoms with Gasteiger partial charge in [0, 0.05) is 24.2 Å². The van der Waals surface area contributed by atoms with E-state index in [1.165, 1.54) is 28.9 Å². The number of fused-ring (bicyclic) bond motifs is 3. The van der Waals surface area contributed by atoms with Crippen molar-refractivity contribution in [1.82, 2.24) is 10.2 Å². The highest BCUT2D eigenvalue weighted by Crippen LogP contribution is 2.52. The zero-order valence-corrected chi connectivity index (χ0v) is 20.0. The molecular weight excluding hydrogens is 473 g/mol. The summed E-state index contributed by atoms with van der Waals surface area (Å²) in [4.78, 5) is 25.5. The van der Waals surface area contributed by atoms with Crippen LogP contribution in [0.4, 0.5) is 16.2 Å². The molecule has 1 atom stereocenters. The number of likely N-dealkylation sites (N-methyl/N-ethyl adjacent to an activating group) is 1. The van der Waals surface area contributed by atoms with Crippen molar-refractivity contribution in [1.29, 1.82) is 5.41 Å². The summed E-state index contributed by atoms with van der Waals surface area (Å²) < 4.78 is 0. The van der Waals surface area contributed by atoms with Gasteiger partial charge in [-0.05, 0) is 55.3 Å². The number of nitrogens with zero attached hydrogens (tertiary/aromatic N) is 4. The molecule has 1 aliphatic carbocycles. The number of benzene rings is 2. The fraction of sp³-hybridized carbons (Fsp3) is 0.333. The van der Waals surface area contributed by atoms with Gasteiger partial charge in [-0.1, -0.05) is 35.3 Å². The Morgan fingerprint density at radius 2 is 1.97 bits per heavy atom. The van der Waals surface area contributed by atoms with Crippen LogP contribution in [0, 0.1) is 11.3 Å². The van der Waals surface area contributed by atoms with E-state index in [1.807, 2.05) is 0 Å². The second-order valence-electron chi connectivity index (χ2n) is 9.38. The molecule has 0 bridgehead atoms. The van der Waals surface area contributed by atoms with Crippen molar-refractivity contribution in [2.24, 2.45) is 15.9 Å². The molecule has 4 aliphatic rings. The van der Waals surface area contributed by atoms with Gasteiger partial charge in [0.15, 0.2) is 0 Å². The molecule has 6 rings (SSSR count). The van der Waals surface area contributed by atoms with Gasteiger partial charge in [0.1, 0.15) is 11.7 Å². The molecule has 2 amide bonds. The number of hydrogen-bond acceptors (Lipinski definition) is 6. The summed E-state index contributed by atoms with van der Waals surface area (Å²) in [6.07, 6.45) is 2.50. The molecule has 0 radical (unpaired) electrons. The van der Waals surface area contributed by atoms with E-state index in [2.05, 4.69) is 50.8 Å². The summed E-state index contributed by atoms with van der Waals surface area (Å²) in [5.41, 5.74) is 4.32. The molecule has 8 nitrogen and oxygen atoms in total. The van der Waals surface area contributed by atoms with Gasteiger partial charge in [0.25, 0.3) is 0 Å². The number of anilines is 2. The predicted molar refractivity (Wildman–Crippen MR) is 136 cm³/mol. The first-order chi connectivity index (χ1) is 16.3. The smallest absolute Gasteiger partial charge is 0.324 e. The first-order valence-corrected chi connectivity index (χ1v) is 12.0. The Bertz CT molecular complexity index is 1280. The van der Waals surface area contributed by atoms with E-state index >= 15 is 0 Å². The maximum Gasteiger partial charge on any atom is 0.332 e. The maximum atomic E-state index is 12.9. The van der Waals surface area contributed by atoms with Crippen molar-refractivity contribution >= 4 is 58.2 Å². The molecule has 1 saturated carbocycles. The number of nitrogens with one attached hydrogen (secondary N) is 3. The van der Waals surface area contributed by atoms with Crippen LogP contribution >= 0.6 is 23.2 Å². The highest BCUT2D eigenvalue weighted by molar-refractivity contribution is 6.43. The third-order valence-electron chi connectivity index (χ3n) is 6.95. The summed E-state index contributed by atoms with van der Waals surface area (Å²) in [5, 5.41) is 15.3. The zero-order chi connectivity index (χ0) is 23.6. The van der Waals surface area contributed by atoms with Gasteiger partial charge in [0.05, 0.1) is 28.2 Å². The van der Waals surface area contributed by atoms with Crippen molar-refractivity contribution < 1.29 is 4.79 Å². The number of para-hydroxylation sites is 1. The molecule has 1 spiro atoms. The minimum atomic E-state index is -0.525. The molecule has 10 heteroatoms. The van der Waals surface area contributed by atoms with Crippen LogP contribution in [0.3, 0.4) is 0 Å². The third-order valence-corrected chi connectivity index (χ3v) is 7.56. The van der Waals surface area contributed by atoms with Gasteiger partial charge in [-0.15, -0.1) is 0 Å². The largest absolute Gasteiger partial charge is 0.332 e. The Hall–Kier alpha value is -2.94. The highest BCUT2D eigenvalue weighted by Gasteiger charge is 2.48. The van der Waals surface area contributed by atoms with Crippen molar-refractivity contribution in [3.63, 3.8) is 0 Å². The first-order valence-electron chi connectivity index (χ1n) is 11.2. The Morgan fingerprint density at radius 1 is 1.21 bits per heavy atom. The molecule has 0 aromatic heterocycles. The number of aliphatic imine (C=N–C) groups is 2. The van der Waals surface area contributed by atoms with Gasteiger partial charge in [-0.25, -0.2) is 14.7 Å². The topological polar surface area (TPSA) is 96.2 Å². The molecule has 1 saturated heterocycles. The van der Waals surface area contributed by atoms with E-state index in [0.29, 0.717) is 27.3 Å². The third kappa shape index (κ3) is 3.48. The molecule has 2 aromatic carbocycles. The lowest BCUT2D eigenvalue weighted by atomic mass is 9.87. The van der Waals surface area contributed by atoms with Gasteiger partial charge < -0.3 is 10.2 Å². The van der Waals surface area contributed by atoms with Crippen molar-refractivity contribution in [3.8, 4) is 0 Å². The number of guanidine groups is 1. The van der Waals surface area contributed by atoms with Crippen LogP contribution in [0.15, 0.2) is 46.4 Å². The summed E-state index contributed by atoms with van der Waals surface area (Å²) >= 11 is 12.6. The summed E-state index contributed by atoms with van der Waals surface area (Å²) in [5.74, 6) is 0.338. The van der Waals surface area contributed by atoms with E-state index in [4.69, 9.17) is 28.6 Å². The Labute approximate surface area is 207 Å². The second-order valence-corrected chi connectivity index (χ2v) is 10.2. The lowest BCUT2D eigenvalue weighted by molar-refractivity contribution is 0.252. The van der Waals surface area contributed by atoms with Crippen molar-refractivity contribution in [2.45, 2.75) is 24.8 Å². The number of amidine groups is 2. The fourth-order valence-electron chi connectivity index (χ4n) is 5.22. The van der Waals surface area contributed by atoms with Crippen LogP contribution in [0.25, 0.3) is 0 Å². The van der Waals surface area contributed by atoms with Crippen LogP contribution in [-0.2, 0) is 12.0 Å². The lowest BCUT2D eigenvalue weighted by Gasteiger charge is -2.36. The molecule has 2 fully saturated rings. The standard InChI is InChI=1S/C24H23Cl2N7O/c1-32-11-13-9-14(5-6-16(13)24(12-32)7-8-24)29-22-28-10-15-20(27)33(23(34)31-21(15)30-22)19-17(25)3-2-4-18(19)26/h2-6,9,15,27H,7-8,10-12H2,1H3,(H2,28,29,30,31,34). The van der Waals surface area contributed by atoms with Crippen LogP contribution in [0.5, 0.6) is 0 Å². The van der Waals surface area contributed by atoms with Crippen LogP contribution in [-0.4, -0.2) is 48.7 Å². The normalized spacial score (nSPS) is 23.0. The first kappa shape index (κ1) is 21.6. The maximum absolute atomic E-state index is 12.9. The summed E-state index contributed by atoms with van der Waals surface area (Å²) in [6, 6.07) is 10.9. The van der Waals surface area contributed by atoms with Gasteiger partial charge in [-0.2, -0.15) is 4.99 Å². The average Bonchev–Trinajstić information content (AvgIpc) is 3.54. The van der Waals surface area contributed by atoms with Crippen molar-refractivity contribution in [3.05, 3.63) is 57.6 Å². The second kappa shape index (κ2) is 7.80. The number of hydrogen-bond donors (Lipinski definition) is 3. The van der Waals surface area contributed by atoms with E-state index in [0.717, 1.165) is 18.8 Å². The number of carbonyl (C=O) groups is 1. The molecular formula is C24H23Cl2N7O. The number of rotatable bonds is 2. The van der Waals surface area contributed by atoms with E-state index in [9.17, 15) is 4.79 Å². The highest BCUT2D eigenvalue weighted by atomic mass is 35.5. The summed E-state index contributed by atoms with van der Waals surface area (Å²) in [6.45, 7) is 2.32. The number of amides is 2. The van der Waals surface area contributed by atoms with E-state index in [-0.39, 0.29) is 18.1 Å². The van der Waals surface area contributed by atoms with Gasteiger partial charge in [0.2, 0.25) is 5.96 Å². The molecule has 34 heavy (non-hydrogen) atoms. The van der Waals surface area contributed by atoms with Gasteiger partial charge >= 0.3 is 6.03 Å². The predicted octanol–water partition coefficient (Wildman–Crippen LogP) is 4.47. The van der Waals surface area contributed by atoms with Gasteiger partial charge in [-0.3, -0.25) is 10.7 Å². The zero-order valence-electron chi connectivity index (χ0n) is 18.5. The van der Waals surface area contributed by atoms with Crippen LogP contribution in [0.2, 0.25) is 10.0 Å². The van der Waals surface area contributed by atoms with E-state index in [1.54, 1.807) is 18.2 Å². The van der Waals surface area contributed by atoms with Crippen LogP contribution in [0.1, 0.15) is 24.0 Å². The van der Waals surface area contributed by atoms with Crippen molar-refractivity contribution in [2.75, 3.05) is 30.4 Å². The van der Waals surface area contributed by atoms with Crippen LogP contribution < -0.4 is 15.5 Å². The quantitative estimate of drug-likeness (QED) is 0.573. The lowest BCUT2D eigenvalue weighted by Crippen LogP contribution is -2.60. The fourth-order valence-corrected chi connectivity index (χ4v) is 5.79. The molecule has 3 N–H and O–H groups in total. The number of urea groups is 1.